The monoisotopic (exact) mass is 308 g/mol. The normalized spacial score (nSPS) is 20.7. The Hall–Kier alpha value is -1.95. The molecule has 2 aliphatic rings. The number of aliphatic hydroxyl groups is 1. The Labute approximate surface area is 128 Å². The number of carbonyl (C=O) groups is 1. The molecule has 6 nitrogen and oxygen atoms in total. The predicted molar refractivity (Wildman–Crippen MR) is 77.5 cm³/mol. The highest BCUT2D eigenvalue weighted by molar-refractivity contribution is 5.94. The molecular weight excluding hydrogens is 288 g/mol. The van der Waals surface area contributed by atoms with Gasteiger partial charge < -0.3 is 24.1 Å². The van der Waals surface area contributed by atoms with E-state index in [2.05, 4.69) is 0 Å². The van der Waals surface area contributed by atoms with Crippen LogP contribution >= 0.6 is 0 Å². The quantitative estimate of drug-likeness (QED) is 0.838. The van der Waals surface area contributed by atoms with Crippen LogP contribution in [0.3, 0.4) is 0 Å². The van der Waals surface area contributed by atoms with Crippen molar-refractivity contribution < 1.29 is 28.8 Å². The summed E-state index contributed by atoms with van der Waals surface area (Å²) in [6.45, 7) is 0.593. The Bertz CT molecular complexity index is 578. The molecule has 0 spiro atoms. The standard InChI is InChI=1S/C16H20O6/c1-19-14-10-7-13(17)22-16(18)11(10)6-12(15(14)20-2)21-8-9-4-3-5-9/h6,9,13,17H,3-5,7-8H2,1-2H3. The third kappa shape index (κ3) is 2.59. The fourth-order valence-electron chi connectivity index (χ4n) is 2.83. The third-order valence-electron chi connectivity index (χ3n) is 4.25. The van der Waals surface area contributed by atoms with Crippen LogP contribution in [0.25, 0.3) is 0 Å². The maximum Gasteiger partial charge on any atom is 0.341 e. The number of fused-ring (bicyclic) bond motifs is 1. The number of cyclic esters (lactones) is 1. The van der Waals surface area contributed by atoms with E-state index in [-0.39, 0.29) is 6.42 Å². The molecule has 1 saturated carbocycles. The van der Waals surface area contributed by atoms with Crippen LogP contribution < -0.4 is 14.2 Å². The van der Waals surface area contributed by atoms with E-state index in [9.17, 15) is 9.90 Å². The zero-order valence-corrected chi connectivity index (χ0v) is 12.8. The van der Waals surface area contributed by atoms with E-state index in [0.717, 1.165) is 0 Å². The van der Waals surface area contributed by atoms with Crippen LogP contribution in [0.1, 0.15) is 35.2 Å². The van der Waals surface area contributed by atoms with E-state index in [4.69, 9.17) is 18.9 Å². The van der Waals surface area contributed by atoms with Gasteiger partial charge in [0.1, 0.15) is 0 Å². The van der Waals surface area contributed by atoms with Crippen molar-refractivity contribution in [3.8, 4) is 17.2 Å². The molecule has 6 heteroatoms. The maximum atomic E-state index is 12.0. The minimum absolute atomic E-state index is 0.170. The van der Waals surface area contributed by atoms with Gasteiger partial charge in [-0.3, -0.25) is 0 Å². The Balaban J connectivity index is 1.98. The average molecular weight is 308 g/mol. The molecule has 0 radical (unpaired) electrons. The van der Waals surface area contributed by atoms with Gasteiger partial charge in [-0.25, -0.2) is 4.79 Å². The molecule has 22 heavy (non-hydrogen) atoms. The van der Waals surface area contributed by atoms with Crippen LogP contribution in [-0.4, -0.2) is 38.2 Å². The van der Waals surface area contributed by atoms with Gasteiger partial charge in [0.05, 0.1) is 26.4 Å². The topological polar surface area (TPSA) is 74.2 Å². The first-order valence-corrected chi connectivity index (χ1v) is 7.43. The maximum absolute atomic E-state index is 12.0. The van der Waals surface area contributed by atoms with Crippen LogP contribution in [0.5, 0.6) is 17.2 Å². The van der Waals surface area contributed by atoms with Crippen molar-refractivity contribution in [2.24, 2.45) is 5.92 Å². The minimum Gasteiger partial charge on any atom is -0.492 e. The van der Waals surface area contributed by atoms with Crippen LogP contribution in [0, 0.1) is 5.92 Å². The van der Waals surface area contributed by atoms with E-state index < -0.39 is 12.3 Å². The molecule has 120 valence electrons. The van der Waals surface area contributed by atoms with Crippen LogP contribution in [0.2, 0.25) is 0 Å². The summed E-state index contributed by atoms with van der Waals surface area (Å²) in [6.07, 6.45) is 2.57. The predicted octanol–water partition coefficient (Wildman–Crippen LogP) is 1.91. The van der Waals surface area contributed by atoms with Crippen LogP contribution in [0.15, 0.2) is 6.07 Å². The molecule has 1 unspecified atom stereocenters. The Kier molecular flexibility index (Phi) is 4.11. The lowest BCUT2D eigenvalue weighted by atomic mass is 9.86. The van der Waals surface area contributed by atoms with Gasteiger partial charge in [-0.2, -0.15) is 0 Å². The fourth-order valence-corrected chi connectivity index (χ4v) is 2.83. The van der Waals surface area contributed by atoms with Crippen molar-refractivity contribution >= 4 is 5.97 Å². The van der Waals surface area contributed by atoms with Gasteiger partial charge in [-0.05, 0) is 24.8 Å². The highest BCUT2D eigenvalue weighted by Gasteiger charge is 2.32. The largest absolute Gasteiger partial charge is 0.492 e. The minimum atomic E-state index is -1.17. The molecule has 0 aromatic heterocycles. The van der Waals surface area contributed by atoms with Crippen molar-refractivity contribution in [2.75, 3.05) is 20.8 Å². The third-order valence-corrected chi connectivity index (χ3v) is 4.25. The lowest BCUT2D eigenvalue weighted by Gasteiger charge is -2.28. The second-order valence-corrected chi connectivity index (χ2v) is 5.64. The van der Waals surface area contributed by atoms with Gasteiger partial charge in [0, 0.05) is 12.0 Å². The van der Waals surface area contributed by atoms with Crippen molar-refractivity contribution in [3.05, 3.63) is 17.2 Å². The Morgan fingerprint density at radius 1 is 1.27 bits per heavy atom. The molecule has 1 aromatic rings. The van der Waals surface area contributed by atoms with Crippen molar-refractivity contribution in [3.63, 3.8) is 0 Å². The van der Waals surface area contributed by atoms with Crippen LogP contribution in [0.4, 0.5) is 0 Å². The van der Waals surface area contributed by atoms with Gasteiger partial charge in [-0.15, -0.1) is 0 Å². The van der Waals surface area contributed by atoms with E-state index in [0.29, 0.717) is 40.9 Å². The SMILES string of the molecule is COc1c(OCC2CCC2)cc2c(c1OC)CC(O)OC2=O. The molecule has 3 rings (SSSR count). The molecule has 0 bridgehead atoms. The molecule has 1 N–H and O–H groups in total. The highest BCUT2D eigenvalue weighted by atomic mass is 16.6. The number of carbonyl (C=O) groups excluding carboxylic acids is 1. The molecule has 1 aliphatic carbocycles. The molecule has 1 heterocycles. The molecule has 1 aromatic carbocycles. The number of aliphatic hydroxyl groups excluding tert-OH is 1. The summed E-state index contributed by atoms with van der Waals surface area (Å²) in [5.41, 5.74) is 0.936. The second kappa shape index (κ2) is 6.04. The zero-order valence-electron chi connectivity index (χ0n) is 12.8. The number of ether oxygens (including phenoxy) is 4. The molecule has 1 aliphatic heterocycles. The summed E-state index contributed by atoms with van der Waals surface area (Å²) < 4.78 is 21.5. The van der Waals surface area contributed by atoms with E-state index in [1.807, 2.05) is 0 Å². The average Bonchev–Trinajstić information content (AvgIpc) is 2.44. The summed E-state index contributed by atoms with van der Waals surface area (Å²) in [6, 6.07) is 1.61. The summed E-state index contributed by atoms with van der Waals surface area (Å²) in [4.78, 5) is 12.0. The molecule has 1 fully saturated rings. The van der Waals surface area contributed by atoms with Crippen LogP contribution in [-0.2, 0) is 11.2 Å². The number of benzene rings is 1. The number of hydrogen-bond donors (Lipinski definition) is 1. The Morgan fingerprint density at radius 2 is 2.00 bits per heavy atom. The molecular formula is C16H20O6. The molecule has 0 amide bonds. The summed E-state index contributed by atoms with van der Waals surface area (Å²) in [5.74, 6) is 1.31. The number of esters is 1. The molecule has 1 atom stereocenters. The number of methoxy groups -OCH3 is 2. The number of rotatable bonds is 5. The second-order valence-electron chi connectivity index (χ2n) is 5.64. The van der Waals surface area contributed by atoms with Gasteiger partial charge in [0.2, 0.25) is 12.0 Å². The van der Waals surface area contributed by atoms with E-state index in [1.165, 1.54) is 33.5 Å². The molecule has 0 saturated heterocycles. The van der Waals surface area contributed by atoms with Crippen molar-refractivity contribution in [2.45, 2.75) is 32.0 Å². The Morgan fingerprint density at radius 3 is 2.59 bits per heavy atom. The van der Waals surface area contributed by atoms with Gasteiger partial charge in [0.25, 0.3) is 0 Å². The van der Waals surface area contributed by atoms with E-state index >= 15 is 0 Å². The first-order chi connectivity index (χ1) is 10.6. The van der Waals surface area contributed by atoms with Gasteiger partial charge in [0.15, 0.2) is 11.5 Å². The smallest absolute Gasteiger partial charge is 0.341 e. The zero-order chi connectivity index (χ0) is 15.7. The fraction of sp³-hybridized carbons (Fsp3) is 0.562. The summed E-state index contributed by atoms with van der Waals surface area (Å²) >= 11 is 0. The number of hydrogen-bond acceptors (Lipinski definition) is 6. The van der Waals surface area contributed by atoms with Gasteiger partial charge in [-0.1, -0.05) is 6.42 Å². The first kappa shape index (κ1) is 15.0. The summed E-state index contributed by atoms with van der Waals surface area (Å²) in [7, 11) is 3.03. The van der Waals surface area contributed by atoms with E-state index in [1.54, 1.807) is 6.07 Å². The van der Waals surface area contributed by atoms with Crippen molar-refractivity contribution in [1.29, 1.82) is 0 Å². The van der Waals surface area contributed by atoms with Gasteiger partial charge >= 0.3 is 5.97 Å². The lowest BCUT2D eigenvalue weighted by molar-refractivity contribution is -0.0691. The van der Waals surface area contributed by atoms with Crippen molar-refractivity contribution in [1.82, 2.24) is 0 Å². The highest BCUT2D eigenvalue weighted by Crippen LogP contribution is 2.44. The lowest BCUT2D eigenvalue weighted by Crippen LogP contribution is -2.28. The summed E-state index contributed by atoms with van der Waals surface area (Å²) in [5, 5.41) is 9.62. The first-order valence-electron chi connectivity index (χ1n) is 7.43.